The molecule has 0 atom stereocenters. The van der Waals surface area contributed by atoms with Crippen LogP contribution in [0.2, 0.25) is 5.02 Å². The molecule has 1 aromatic heterocycles. The fraction of sp³-hybridized carbons (Fsp3) is 0.150. The number of hydrogen-bond donors (Lipinski definition) is 2. The second-order valence-corrected chi connectivity index (χ2v) is 9.34. The molecule has 1 amide bonds. The lowest BCUT2D eigenvalue weighted by Gasteiger charge is -2.13. The molecule has 11 heteroatoms. The molecule has 3 rings (SSSR count). The van der Waals surface area contributed by atoms with Crippen molar-refractivity contribution in [2.45, 2.75) is 18.7 Å². The standard InChI is InChI=1S/C20H18BrClN4O4S/c1-12-10-16(18(21)13(2)19(12)22)30-11-17(27)25-14-4-6-15(7-5-14)31(28,29)26-20-23-8-3-9-24-20/h3-10H,11H2,1-2H3,(H,25,27)(H,23,24,26). The van der Waals surface area contributed by atoms with Crippen LogP contribution in [0.5, 0.6) is 5.75 Å². The Hall–Kier alpha value is -2.69. The minimum atomic E-state index is -3.85. The van der Waals surface area contributed by atoms with Gasteiger partial charge < -0.3 is 10.1 Å². The van der Waals surface area contributed by atoms with Crippen molar-refractivity contribution in [2.24, 2.45) is 0 Å². The molecule has 0 spiro atoms. The number of halogens is 2. The van der Waals surface area contributed by atoms with Crippen molar-refractivity contribution >= 4 is 55.1 Å². The van der Waals surface area contributed by atoms with Crippen LogP contribution in [0.4, 0.5) is 11.6 Å². The van der Waals surface area contributed by atoms with Gasteiger partial charge in [-0.05, 0) is 77.3 Å². The maximum absolute atomic E-state index is 12.4. The van der Waals surface area contributed by atoms with Crippen LogP contribution in [0, 0.1) is 13.8 Å². The Bertz CT molecular complexity index is 1210. The van der Waals surface area contributed by atoms with Gasteiger partial charge in [0.15, 0.2) is 6.61 Å². The molecule has 3 aromatic rings. The molecular formula is C20H18BrClN4O4S. The second-order valence-electron chi connectivity index (χ2n) is 6.48. The number of ether oxygens (including phenoxy) is 1. The number of nitrogens with one attached hydrogen (secondary N) is 2. The zero-order chi connectivity index (χ0) is 22.6. The summed E-state index contributed by atoms with van der Waals surface area (Å²) >= 11 is 9.62. The number of nitrogens with zero attached hydrogens (tertiary/aromatic N) is 2. The summed E-state index contributed by atoms with van der Waals surface area (Å²) in [4.78, 5) is 19.9. The van der Waals surface area contributed by atoms with E-state index >= 15 is 0 Å². The minimum absolute atomic E-state index is 0.00486. The predicted molar refractivity (Wildman–Crippen MR) is 122 cm³/mol. The molecule has 0 saturated heterocycles. The number of aryl methyl sites for hydroxylation is 1. The second kappa shape index (κ2) is 9.63. The number of anilines is 2. The molecule has 0 saturated carbocycles. The molecule has 2 aromatic carbocycles. The molecule has 1 heterocycles. The number of amides is 1. The first-order valence-electron chi connectivity index (χ1n) is 8.95. The highest BCUT2D eigenvalue weighted by Gasteiger charge is 2.16. The van der Waals surface area contributed by atoms with Gasteiger partial charge in [0.2, 0.25) is 5.95 Å². The molecule has 8 nitrogen and oxygen atoms in total. The first kappa shape index (κ1) is 23.0. The number of aromatic nitrogens is 2. The van der Waals surface area contributed by atoms with Crippen molar-refractivity contribution in [1.29, 1.82) is 0 Å². The van der Waals surface area contributed by atoms with E-state index in [1.807, 2.05) is 13.8 Å². The van der Waals surface area contributed by atoms with E-state index in [0.29, 0.717) is 20.9 Å². The van der Waals surface area contributed by atoms with Crippen LogP contribution in [0.15, 0.2) is 58.2 Å². The third kappa shape index (κ3) is 5.72. The molecule has 31 heavy (non-hydrogen) atoms. The zero-order valence-electron chi connectivity index (χ0n) is 16.5. The number of carbonyl (C=O) groups is 1. The van der Waals surface area contributed by atoms with E-state index in [1.54, 1.807) is 12.1 Å². The summed E-state index contributed by atoms with van der Waals surface area (Å²) < 4.78 is 33.3. The Morgan fingerprint density at radius 2 is 1.81 bits per heavy atom. The number of benzene rings is 2. The number of sulfonamides is 1. The molecule has 0 aliphatic heterocycles. The van der Waals surface area contributed by atoms with E-state index in [9.17, 15) is 13.2 Å². The van der Waals surface area contributed by atoms with Crippen molar-refractivity contribution in [3.8, 4) is 5.75 Å². The lowest BCUT2D eigenvalue weighted by Crippen LogP contribution is -2.20. The van der Waals surface area contributed by atoms with Gasteiger partial charge >= 0.3 is 0 Å². The van der Waals surface area contributed by atoms with Gasteiger partial charge in [-0.1, -0.05) is 11.6 Å². The summed E-state index contributed by atoms with van der Waals surface area (Å²) in [7, 11) is -3.85. The van der Waals surface area contributed by atoms with E-state index in [1.165, 1.54) is 36.7 Å². The fourth-order valence-electron chi connectivity index (χ4n) is 2.59. The van der Waals surface area contributed by atoms with Crippen LogP contribution in [-0.4, -0.2) is 30.9 Å². The van der Waals surface area contributed by atoms with Crippen LogP contribution in [0.25, 0.3) is 0 Å². The van der Waals surface area contributed by atoms with E-state index in [-0.39, 0.29) is 17.5 Å². The summed E-state index contributed by atoms with van der Waals surface area (Å²) in [5.74, 6) is 0.0737. The lowest BCUT2D eigenvalue weighted by molar-refractivity contribution is -0.118. The Balaban J connectivity index is 1.62. The van der Waals surface area contributed by atoms with Crippen molar-refractivity contribution in [1.82, 2.24) is 9.97 Å². The molecule has 0 unspecified atom stereocenters. The smallest absolute Gasteiger partial charge is 0.264 e. The number of hydrogen-bond acceptors (Lipinski definition) is 6. The van der Waals surface area contributed by atoms with E-state index in [4.69, 9.17) is 16.3 Å². The summed E-state index contributed by atoms with van der Waals surface area (Å²) in [5.41, 5.74) is 2.08. The minimum Gasteiger partial charge on any atom is -0.483 e. The Labute approximate surface area is 193 Å². The Kier molecular flexibility index (Phi) is 7.14. The quantitative estimate of drug-likeness (QED) is 0.475. The van der Waals surface area contributed by atoms with Crippen molar-refractivity contribution in [3.63, 3.8) is 0 Å². The van der Waals surface area contributed by atoms with Gasteiger partial charge in [-0.25, -0.2) is 23.1 Å². The van der Waals surface area contributed by atoms with Crippen molar-refractivity contribution < 1.29 is 17.9 Å². The number of rotatable bonds is 7. The van der Waals surface area contributed by atoms with Crippen LogP contribution in [0.3, 0.4) is 0 Å². The van der Waals surface area contributed by atoms with E-state index < -0.39 is 15.9 Å². The predicted octanol–water partition coefficient (Wildman–Crippen LogP) is 4.33. The maximum Gasteiger partial charge on any atom is 0.264 e. The van der Waals surface area contributed by atoms with Gasteiger partial charge in [0.25, 0.3) is 15.9 Å². The van der Waals surface area contributed by atoms with Crippen molar-refractivity contribution in [3.05, 3.63) is 69.4 Å². The SMILES string of the molecule is Cc1cc(OCC(=O)Nc2ccc(S(=O)(=O)Nc3ncccn3)cc2)c(Br)c(C)c1Cl. The monoisotopic (exact) mass is 524 g/mol. The molecule has 0 bridgehead atoms. The molecule has 162 valence electrons. The highest BCUT2D eigenvalue weighted by Crippen LogP contribution is 2.35. The van der Waals surface area contributed by atoms with Crippen LogP contribution in [0.1, 0.15) is 11.1 Å². The van der Waals surface area contributed by atoms with Crippen LogP contribution < -0.4 is 14.8 Å². The number of carbonyl (C=O) groups excluding carboxylic acids is 1. The van der Waals surface area contributed by atoms with Gasteiger partial charge in [0.1, 0.15) is 5.75 Å². The van der Waals surface area contributed by atoms with Gasteiger partial charge in [-0.3, -0.25) is 4.79 Å². The summed E-state index contributed by atoms with van der Waals surface area (Å²) in [5, 5.41) is 3.29. The third-order valence-electron chi connectivity index (χ3n) is 4.17. The molecule has 2 N–H and O–H groups in total. The van der Waals surface area contributed by atoms with Gasteiger partial charge in [-0.2, -0.15) is 0 Å². The van der Waals surface area contributed by atoms with Crippen LogP contribution in [-0.2, 0) is 14.8 Å². The van der Waals surface area contributed by atoms with Gasteiger partial charge in [0.05, 0.1) is 9.37 Å². The molecule has 0 fully saturated rings. The maximum atomic E-state index is 12.4. The first-order chi connectivity index (χ1) is 14.7. The highest BCUT2D eigenvalue weighted by molar-refractivity contribution is 9.10. The van der Waals surface area contributed by atoms with Crippen LogP contribution >= 0.6 is 27.5 Å². The Morgan fingerprint density at radius 3 is 2.45 bits per heavy atom. The summed E-state index contributed by atoms with van der Waals surface area (Å²) in [6.07, 6.45) is 2.85. The average molecular weight is 526 g/mol. The third-order valence-corrected chi connectivity index (χ3v) is 7.08. The van der Waals surface area contributed by atoms with E-state index in [0.717, 1.165) is 11.1 Å². The molecular weight excluding hydrogens is 508 g/mol. The average Bonchev–Trinajstić information content (AvgIpc) is 2.74. The zero-order valence-corrected chi connectivity index (χ0v) is 19.7. The molecule has 0 aliphatic rings. The normalized spacial score (nSPS) is 11.1. The lowest BCUT2D eigenvalue weighted by atomic mass is 10.1. The first-order valence-corrected chi connectivity index (χ1v) is 11.6. The topological polar surface area (TPSA) is 110 Å². The largest absolute Gasteiger partial charge is 0.483 e. The van der Waals surface area contributed by atoms with E-state index in [2.05, 4.69) is 35.9 Å². The van der Waals surface area contributed by atoms with Gasteiger partial charge in [-0.15, -0.1) is 0 Å². The molecule has 0 aliphatic carbocycles. The van der Waals surface area contributed by atoms with Gasteiger partial charge in [0, 0.05) is 23.1 Å². The Morgan fingerprint density at radius 1 is 1.16 bits per heavy atom. The van der Waals surface area contributed by atoms with Crippen molar-refractivity contribution in [2.75, 3.05) is 16.6 Å². The summed E-state index contributed by atoms with van der Waals surface area (Å²) in [6.45, 7) is 3.47. The molecule has 0 radical (unpaired) electrons. The summed E-state index contributed by atoms with van der Waals surface area (Å²) in [6, 6.07) is 9.01. The highest BCUT2D eigenvalue weighted by atomic mass is 79.9. The fourth-order valence-corrected chi connectivity index (χ4v) is 4.24.